The van der Waals surface area contributed by atoms with E-state index in [9.17, 15) is 9.36 Å². The SMILES string of the molecule is CCOP(=O)(OCC)c1nn(-c2ccccc2)cc1C=O. The molecule has 1 heterocycles. The highest BCUT2D eigenvalue weighted by Crippen LogP contribution is 2.47. The Morgan fingerprint density at radius 1 is 1.19 bits per heavy atom. The number of rotatable bonds is 7. The molecular formula is C14H17N2O4P. The lowest BCUT2D eigenvalue weighted by Crippen LogP contribution is -2.16. The van der Waals surface area contributed by atoms with E-state index in [1.807, 2.05) is 30.3 Å². The predicted octanol–water partition coefficient (Wildman–Crippen LogP) is 2.58. The molecule has 2 rings (SSSR count). The minimum absolute atomic E-state index is 0.0463. The topological polar surface area (TPSA) is 70.4 Å². The minimum Gasteiger partial charge on any atom is -0.304 e. The van der Waals surface area contributed by atoms with Crippen LogP contribution in [0.15, 0.2) is 36.5 Å². The van der Waals surface area contributed by atoms with Crippen molar-refractivity contribution in [2.45, 2.75) is 13.8 Å². The maximum absolute atomic E-state index is 12.8. The van der Waals surface area contributed by atoms with Crippen LogP contribution in [0.5, 0.6) is 0 Å². The smallest absolute Gasteiger partial charge is 0.304 e. The molecule has 2 aromatic rings. The Balaban J connectivity index is 2.51. The van der Waals surface area contributed by atoms with Gasteiger partial charge in [-0.2, -0.15) is 5.10 Å². The van der Waals surface area contributed by atoms with Gasteiger partial charge < -0.3 is 9.05 Å². The normalized spacial score (nSPS) is 11.5. The van der Waals surface area contributed by atoms with Crippen molar-refractivity contribution in [1.29, 1.82) is 0 Å². The largest absolute Gasteiger partial charge is 0.382 e. The fourth-order valence-corrected chi connectivity index (χ4v) is 3.52. The first-order valence-electron chi connectivity index (χ1n) is 6.64. The molecule has 0 saturated carbocycles. The van der Waals surface area contributed by atoms with E-state index in [-0.39, 0.29) is 24.2 Å². The Kier molecular flexibility index (Phi) is 5.07. The summed E-state index contributed by atoms with van der Waals surface area (Å²) < 4.78 is 24.7. The van der Waals surface area contributed by atoms with Crippen LogP contribution in [-0.4, -0.2) is 29.3 Å². The highest BCUT2D eigenvalue weighted by molar-refractivity contribution is 7.62. The Labute approximate surface area is 123 Å². The van der Waals surface area contributed by atoms with Crippen LogP contribution < -0.4 is 5.44 Å². The van der Waals surface area contributed by atoms with Crippen molar-refractivity contribution >= 4 is 19.3 Å². The third-order valence-electron chi connectivity index (χ3n) is 2.73. The van der Waals surface area contributed by atoms with Gasteiger partial charge >= 0.3 is 7.60 Å². The lowest BCUT2D eigenvalue weighted by Gasteiger charge is -2.14. The van der Waals surface area contributed by atoms with Gasteiger partial charge in [-0.1, -0.05) is 18.2 Å². The molecule has 0 aliphatic heterocycles. The molecule has 1 aromatic carbocycles. The number of carbonyl (C=O) groups is 1. The zero-order valence-corrected chi connectivity index (χ0v) is 12.8. The van der Waals surface area contributed by atoms with E-state index in [2.05, 4.69) is 5.10 Å². The first kappa shape index (κ1) is 15.6. The van der Waals surface area contributed by atoms with Crippen LogP contribution in [0.25, 0.3) is 5.69 Å². The van der Waals surface area contributed by atoms with E-state index in [1.54, 1.807) is 13.8 Å². The molecule has 0 fully saturated rings. The lowest BCUT2D eigenvalue weighted by molar-refractivity contribution is 0.112. The molecule has 0 N–H and O–H groups in total. The summed E-state index contributed by atoms with van der Waals surface area (Å²) in [6.45, 7) is 3.82. The van der Waals surface area contributed by atoms with Crippen LogP contribution in [0.1, 0.15) is 24.2 Å². The molecule has 0 bridgehead atoms. The molecular weight excluding hydrogens is 291 g/mol. The van der Waals surface area contributed by atoms with Crippen molar-refractivity contribution in [2.24, 2.45) is 0 Å². The van der Waals surface area contributed by atoms with Gasteiger partial charge in [0.2, 0.25) is 0 Å². The number of hydrogen-bond acceptors (Lipinski definition) is 5. The first-order valence-corrected chi connectivity index (χ1v) is 8.18. The van der Waals surface area contributed by atoms with E-state index in [0.29, 0.717) is 6.29 Å². The zero-order chi connectivity index (χ0) is 15.3. The Bertz CT molecular complexity index is 644. The average molecular weight is 308 g/mol. The molecule has 112 valence electrons. The number of hydrogen-bond donors (Lipinski definition) is 0. The molecule has 0 saturated heterocycles. The van der Waals surface area contributed by atoms with Gasteiger partial charge in [-0.05, 0) is 26.0 Å². The summed E-state index contributed by atoms with van der Waals surface area (Å²) in [5.41, 5.74) is 1.00. The minimum atomic E-state index is -3.59. The highest BCUT2D eigenvalue weighted by Gasteiger charge is 2.33. The number of aldehydes is 1. The fraction of sp³-hybridized carbons (Fsp3) is 0.286. The summed E-state index contributed by atoms with van der Waals surface area (Å²) in [7, 11) is -3.59. The molecule has 0 aliphatic rings. The predicted molar refractivity (Wildman–Crippen MR) is 79.4 cm³/mol. The maximum Gasteiger partial charge on any atom is 0.382 e. The monoisotopic (exact) mass is 308 g/mol. The fourth-order valence-electron chi connectivity index (χ4n) is 1.89. The summed E-state index contributed by atoms with van der Waals surface area (Å²) in [6, 6.07) is 9.24. The summed E-state index contributed by atoms with van der Waals surface area (Å²) in [4.78, 5) is 11.2. The highest BCUT2D eigenvalue weighted by atomic mass is 31.2. The van der Waals surface area contributed by atoms with Gasteiger partial charge in [0.15, 0.2) is 11.7 Å². The van der Waals surface area contributed by atoms with Crippen molar-refractivity contribution in [3.8, 4) is 5.69 Å². The van der Waals surface area contributed by atoms with E-state index in [1.165, 1.54) is 10.9 Å². The molecule has 6 nitrogen and oxygen atoms in total. The van der Waals surface area contributed by atoms with Crippen molar-refractivity contribution < 1.29 is 18.4 Å². The van der Waals surface area contributed by atoms with E-state index in [4.69, 9.17) is 9.05 Å². The maximum atomic E-state index is 12.8. The van der Waals surface area contributed by atoms with Crippen LogP contribution in [0.2, 0.25) is 0 Å². The Morgan fingerprint density at radius 2 is 1.81 bits per heavy atom. The summed E-state index contributed by atoms with van der Waals surface area (Å²) in [5, 5.41) is 4.23. The zero-order valence-electron chi connectivity index (χ0n) is 11.9. The summed E-state index contributed by atoms with van der Waals surface area (Å²) in [5.74, 6) is 0. The van der Waals surface area contributed by atoms with Gasteiger partial charge in [0, 0.05) is 6.20 Å². The van der Waals surface area contributed by atoms with Crippen LogP contribution >= 0.6 is 7.60 Å². The van der Waals surface area contributed by atoms with E-state index >= 15 is 0 Å². The average Bonchev–Trinajstić information content (AvgIpc) is 2.94. The third kappa shape index (κ3) is 3.29. The van der Waals surface area contributed by atoms with Gasteiger partial charge in [0.05, 0.1) is 24.5 Å². The second kappa shape index (κ2) is 6.80. The summed E-state index contributed by atoms with van der Waals surface area (Å²) >= 11 is 0. The van der Waals surface area contributed by atoms with Gasteiger partial charge in [0.25, 0.3) is 0 Å². The molecule has 0 unspecified atom stereocenters. The molecule has 21 heavy (non-hydrogen) atoms. The molecule has 7 heteroatoms. The standard InChI is InChI=1S/C14H17N2O4P/c1-3-19-21(18,20-4-2)14-12(11-17)10-16(15-14)13-8-6-5-7-9-13/h5-11H,3-4H2,1-2H3. The summed E-state index contributed by atoms with van der Waals surface area (Å²) in [6.07, 6.45) is 2.12. The molecule has 0 amide bonds. The first-order chi connectivity index (χ1) is 10.1. The second-order valence-electron chi connectivity index (χ2n) is 4.14. The van der Waals surface area contributed by atoms with Crippen LogP contribution in [0, 0.1) is 0 Å². The van der Waals surface area contributed by atoms with Crippen molar-refractivity contribution in [1.82, 2.24) is 9.78 Å². The van der Waals surface area contributed by atoms with Crippen LogP contribution in [0.3, 0.4) is 0 Å². The Hall–Kier alpha value is -1.75. The van der Waals surface area contributed by atoms with Gasteiger partial charge in [-0.3, -0.25) is 9.36 Å². The lowest BCUT2D eigenvalue weighted by atomic mass is 10.3. The van der Waals surface area contributed by atoms with Gasteiger partial charge in [-0.15, -0.1) is 0 Å². The molecule has 0 spiro atoms. The van der Waals surface area contributed by atoms with Gasteiger partial charge in [0.1, 0.15) is 0 Å². The number of para-hydroxylation sites is 1. The number of benzene rings is 1. The van der Waals surface area contributed by atoms with E-state index < -0.39 is 7.60 Å². The van der Waals surface area contributed by atoms with Crippen LogP contribution in [0.4, 0.5) is 0 Å². The third-order valence-corrected chi connectivity index (χ3v) is 4.79. The number of aromatic nitrogens is 2. The van der Waals surface area contributed by atoms with E-state index in [0.717, 1.165) is 5.69 Å². The molecule has 0 aliphatic carbocycles. The number of carbonyl (C=O) groups excluding carboxylic acids is 1. The quantitative estimate of drug-likeness (QED) is 0.581. The molecule has 0 atom stereocenters. The van der Waals surface area contributed by atoms with Gasteiger partial charge in [-0.25, -0.2) is 4.68 Å². The van der Waals surface area contributed by atoms with Crippen molar-refractivity contribution in [2.75, 3.05) is 13.2 Å². The molecule has 1 aromatic heterocycles. The Morgan fingerprint density at radius 3 is 2.33 bits per heavy atom. The van der Waals surface area contributed by atoms with Crippen molar-refractivity contribution in [3.63, 3.8) is 0 Å². The van der Waals surface area contributed by atoms with Crippen molar-refractivity contribution in [3.05, 3.63) is 42.1 Å². The number of nitrogens with zero attached hydrogens (tertiary/aromatic N) is 2. The van der Waals surface area contributed by atoms with Crippen LogP contribution in [-0.2, 0) is 13.6 Å². The second-order valence-corrected chi connectivity index (χ2v) is 6.07. The molecule has 0 radical (unpaired) electrons.